The zero-order valence-electron chi connectivity index (χ0n) is 11.5. The van der Waals surface area contributed by atoms with Gasteiger partial charge in [-0.3, -0.25) is 4.74 Å². The van der Waals surface area contributed by atoms with E-state index in [0.717, 1.165) is 6.26 Å². The predicted octanol–water partition coefficient (Wildman–Crippen LogP) is 2.29. The largest absolute Gasteiger partial charge is 0.522 e. The molecule has 0 unspecified atom stereocenters. The summed E-state index contributed by atoms with van der Waals surface area (Å²) < 4.78 is 93.9. The minimum atomic E-state index is -4.86. The lowest BCUT2D eigenvalue weighted by Gasteiger charge is -2.14. The third-order valence-corrected chi connectivity index (χ3v) is 5.99. The fraction of sp³-hybridized carbons (Fsp3) is 0.636. The number of aliphatic hydroxyl groups is 1. The first kappa shape index (κ1) is 18.4. The van der Waals surface area contributed by atoms with Crippen LogP contribution in [0.5, 0.6) is 5.06 Å². The molecule has 1 aliphatic rings. The molecule has 1 aromatic rings. The Morgan fingerprint density at radius 2 is 1.96 bits per heavy atom. The molecule has 5 nitrogen and oxygen atoms in total. The molecule has 2 rings (SSSR count). The lowest BCUT2D eigenvalue weighted by molar-refractivity contribution is -0.325. The summed E-state index contributed by atoms with van der Waals surface area (Å²) in [5, 5.41) is 9.35. The van der Waals surface area contributed by atoms with Crippen LogP contribution in [0.25, 0.3) is 0 Å². The monoisotopic (exact) mass is 382 g/mol. The van der Waals surface area contributed by atoms with Crippen molar-refractivity contribution >= 4 is 21.2 Å². The Hall–Kier alpha value is -0.980. The molecule has 1 aliphatic carbocycles. The van der Waals surface area contributed by atoms with Crippen molar-refractivity contribution in [3.63, 3.8) is 0 Å². The summed E-state index contributed by atoms with van der Waals surface area (Å²) in [6.45, 7) is -1.50. The second kappa shape index (κ2) is 5.83. The van der Waals surface area contributed by atoms with Crippen LogP contribution in [-0.2, 0) is 21.0 Å². The molecule has 1 heterocycles. The normalized spacial score (nSPS) is 20.6. The molecule has 1 N–H and O–H groups in total. The third-order valence-electron chi connectivity index (χ3n) is 2.98. The highest BCUT2D eigenvalue weighted by atomic mass is 32.2. The van der Waals surface area contributed by atoms with Crippen LogP contribution in [0, 0.1) is 0 Å². The van der Waals surface area contributed by atoms with Crippen molar-refractivity contribution < 1.29 is 45.0 Å². The quantitative estimate of drug-likeness (QED) is 0.625. The SMILES string of the molecule is CS(=O)(=O)c1sc(OCCOC(F)(F)F)c2c1[C@H](O)C(F)(F)C2. The van der Waals surface area contributed by atoms with Gasteiger partial charge in [0, 0.05) is 23.8 Å². The van der Waals surface area contributed by atoms with Crippen LogP contribution in [0.2, 0.25) is 0 Å². The molecule has 23 heavy (non-hydrogen) atoms. The Morgan fingerprint density at radius 3 is 2.48 bits per heavy atom. The Labute approximate surface area is 131 Å². The van der Waals surface area contributed by atoms with Gasteiger partial charge in [0.2, 0.25) is 0 Å². The van der Waals surface area contributed by atoms with Crippen molar-refractivity contribution in [1.82, 2.24) is 0 Å². The summed E-state index contributed by atoms with van der Waals surface area (Å²) >= 11 is 0.491. The maximum Gasteiger partial charge on any atom is 0.522 e. The van der Waals surface area contributed by atoms with Gasteiger partial charge in [0.05, 0.1) is 6.61 Å². The van der Waals surface area contributed by atoms with Crippen LogP contribution in [0.4, 0.5) is 22.0 Å². The van der Waals surface area contributed by atoms with Crippen LogP contribution < -0.4 is 4.74 Å². The molecule has 0 aromatic carbocycles. The summed E-state index contributed by atoms with van der Waals surface area (Å²) in [6, 6.07) is 0. The fourth-order valence-corrected chi connectivity index (χ4v) is 4.53. The molecule has 1 aromatic heterocycles. The number of halogens is 5. The van der Waals surface area contributed by atoms with Gasteiger partial charge < -0.3 is 9.84 Å². The zero-order valence-corrected chi connectivity index (χ0v) is 13.1. The average molecular weight is 382 g/mol. The third kappa shape index (κ3) is 3.92. The number of aliphatic hydroxyl groups excluding tert-OH is 1. The van der Waals surface area contributed by atoms with Crippen LogP contribution in [0.15, 0.2) is 4.21 Å². The van der Waals surface area contributed by atoms with E-state index >= 15 is 0 Å². The summed E-state index contributed by atoms with van der Waals surface area (Å²) in [5.41, 5.74) is -0.658. The number of thiophene rings is 1. The molecule has 132 valence electrons. The molecule has 1 atom stereocenters. The smallest absolute Gasteiger partial charge is 0.481 e. The van der Waals surface area contributed by atoms with E-state index < -0.39 is 57.6 Å². The van der Waals surface area contributed by atoms with Gasteiger partial charge in [-0.1, -0.05) is 11.3 Å². The number of sulfone groups is 1. The van der Waals surface area contributed by atoms with Crippen molar-refractivity contribution in [1.29, 1.82) is 0 Å². The Kier molecular flexibility index (Phi) is 4.65. The van der Waals surface area contributed by atoms with Crippen molar-refractivity contribution in [2.24, 2.45) is 0 Å². The van der Waals surface area contributed by atoms with Crippen molar-refractivity contribution in [2.45, 2.75) is 29.0 Å². The van der Waals surface area contributed by atoms with E-state index in [-0.39, 0.29) is 10.6 Å². The van der Waals surface area contributed by atoms with Gasteiger partial charge in [-0.15, -0.1) is 13.2 Å². The van der Waals surface area contributed by atoms with Crippen LogP contribution >= 0.6 is 11.3 Å². The van der Waals surface area contributed by atoms with E-state index in [1.165, 1.54) is 0 Å². The highest BCUT2D eigenvalue weighted by Gasteiger charge is 2.51. The molecule has 0 aliphatic heterocycles. The summed E-state index contributed by atoms with van der Waals surface area (Å²) in [4.78, 5) is 0. The molecular formula is C11H11F5O5S2. The van der Waals surface area contributed by atoms with E-state index in [1.807, 2.05) is 0 Å². The summed E-state index contributed by atoms with van der Waals surface area (Å²) in [6.07, 6.45) is -7.34. The maximum atomic E-state index is 13.6. The van der Waals surface area contributed by atoms with E-state index in [9.17, 15) is 35.5 Å². The standard InChI is InChI=1S/C11H11F5O5S2/c1-23(18,19)9-6-5(4-10(12,13)7(6)17)8(22-9)20-2-3-21-11(14,15)16/h7,17H,2-4H2,1H3/t7-/m0/s1. The number of hydrogen-bond acceptors (Lipinski definition) is 6. The molecule has 0 radical (unpaired) electrons. The van der Waals surface area contributed by atoms with Crippen molar-refractivity contribution in [2.75, 3.05) is 19.5 Å². The molecule has 0 spiro atoms. The van der Waals surface area contributed by atoms with Crippen molar-refractivity contribution in [3.05, 3.63) is 11.1 Å². The van der Waals surface area contributed by atoms with E-state index in [4.69, 9.17) is 4.74 Å². The Balaban J connectivity index is 2.25. The van der Waals surface area contributed by atoms with Crippen LogP contribution in [0.3, 0.4) is 0 Å². The van der Waals surface area contributed by atoms with Crippen LogP contribution in [-0.4, -0.2) is 45.3 Å². The van der Waals surface area contributed by atoms with Gasteiger partial charge in [-0.05, 0) is 0 Å². The van der Waals surface area contributed by atoms with E-state index in [1.54, 1.807) is 0 Å². The van der Waals surface area contributed by atoms with Gasteiger partial charge in [0.25, 0.3) is 5.92 Å². The number of rotatable bonds is 5. The highest BCUT2D eigenvalue weighted by Crippen LogP contribution is 2.53. The number of fused-ring (bicyclic) bond motifs is 1. The second-order valence-corrected chi connectivity index (χ2v) is 8.02. The molecular weight excluding hydrogens is 371 g/mol. The van der Waals surface area contributed by atoms with Gasteiger partial charge in [-0.2, -0.15) is 0 Å². The molecule has 0 amide bonds. The zero-order chi connectivity index (χ0) is 17.6. The molecule has 0 fully saturated rings. The first-order valence-corrected chi connectivity index (χ1v) is 8.79. The first-order chi connectivity index (χ1) is 10.3. The lowest BCUT2D eigenvalue weighted by atomic mass is 10.2. The summed E-state index contributed by atoms with van der Waals surface area (Å²) in [7, 11) is -3.91. The van der Waals surface area contributed by atoms with E-state index in [0.29, 0.717) is 11.3 Å². The van der Waals surface area contributed by atoms with Gasteiger partial charge >= 0.3 is 6.36 Å². The van der Waals surface area contributed by atoms with Gasteiger partial charge in [-0.25, -0.2) is 17.2 Å². The Morgan fingerprint density at radius 1 is 1.35 bits per heavy atom. The summed E-state index contributed by atoms with van der Waals surface area (Å²) in [5.74, 6) is -3.57. The highest BCUT2D eigenvalue weighted by molar-refractivity contribution is 7.92. The molecule has 0 saturated carbocycles. The average Bonchev–Trinajstić information content (AvgIpc) is 2.80. The molecule has 0 bridgehead atoms. The van der Waals surface area contributed by atoms with Crippen LogP contribution in [0.1, 0.15) is 17.2 Å². The minimum absolute atomic E-state index is 0.208. The second-order valence-electron chi connectivity index (χ2n) is 4.82. The molecule has 12 heteroatoms. The first-order valence-electron chi connectivity index (χ1n) is 6.08. The molecule has 0 saturated heterocycles. The topological polar surface area (TPSA) is 72.8 Å². The fourth-order valence-electron chi connectivity index (χ4n) is 2.11. The number of alkyl halides is 5. The lowest BCUT2D eigenvalue weighted by Crippen LogP contribution is -2.22. The van der Waals surface area contributed by atoms with Gasteiger partial charge in [0.15, 0.2) is 14.9 Å². The maximum absolute atomic E-state index is 13.6. The van der Waals surface area contributed by atoms with E-state index in [2.05, 4.69) is 4.74 Å². The van der Waals surface area contributed by atoms with Gasteiger partial charge in [0.1, 0.15) is 16.9 Å². The predicted molar refractivity (Wildman–Crippen MR) is 68.5 cm³/mol. The number of hydrogen-bond donors (Lipinski definition) is 1. The number of ether oxygens (including phenoxy) is 2. The van der Waals surface area contributed by atoms with Crippen molar-refractivity contribution in [3.8, 4) is 5.06 Å². The minimum Gasteiger partial charge on any atom is -0.481 e. The Bertz CT molecular complexity index is 694.